The van der Waals surface area contributed by atoms with Crippen LogP contribution in [-0.4, -0.2) is 31.6 Å². The van der Waals surface area contributed by atoms with Gasteiger partial charge in [-0.25, -0.2) is 8.42 Å². The van der Waals surface area contributed by atoms with E-state index < -0.39 is 9.05 Å². The summed E-state index contributed by atoms with van der Waals surface area (Å²) in [5, 5.41) is 6.91. The molecule has 3 nitrogen and oxygen atoms in total. The molecule has 68 valence electrons. The second-order valence-electron chi connectivity index (χ2n) is 1.38. The van der Waals surface area contributed by atoms with Gasteiger partial charge in [0.2, 0.25) is 9.05 Å². The van der Waals surface area contributed by atoms with E-state index >= 15 is 0 Å². The summed E-state index contributed by atoms with van der Waals surface area (Å²) in [6, 6.07) is 0. The zero-order chi connectivity index (χ0) is 9.49. The van der Waals surface area contributed by atoms with Crippen LogP contribution in [0.3, 0.4) is 0 Å². The Bertz CT molecular complexity index is 187. The topological polar surface area (TPSA) is 58.0 Å². The Labute approximate surface area is 80.2 Å². The maximum atomic E-state index is 9.40. The molecule has 0 radical (unpaired) electrons. The summed E-state index contributed by atoms with van der Waals surface area (Å²) < 4.78 is 19.5. The SMILES string of the molecule is CS(=O)(=O)Cl.CSC(=N)SC. The molecule has 0 aliphatic heterocycles. The molecule has 0 saturated heterocycles. The van der Waals surface area contributed by atoms with Crippen LogP contribution in [0.25, 0.3) is 0 Å². The van der Waals surface area contributed by atoms with E-state index in [4.69, 9.17) is 5.41 Å². The fraction of sp³-hybridized carbons (Fsp3) is 0.750. The minimum atomic E-state index is -3.19. The Kier molecular flexibility index (Phi) is 9.35. The summed E-state index contributed by atoms with van der Waals surface area (Å²) in [5.74, 6) is 0. The molecule has 7 heteroatoms. The van der Waals surface area contributed by atoms with Gasteiger partial charge in [-0.1, -0.05) is 0 Å². The van der Waals surface area contributed by atoms with Crippen molar-refractivity contribution in [3.8, 4) is 0 Å². The van der Waals surface area contributed by atoms with Crippen LogP contribution >= 0.6 is 34.2 Å². The highest BCUT2D eigenvalue weighted by molar-refractivity contribution is 8.38. The average molecular weight is 236 g/mol. The fourth-order valence-electron chi connectivity index (χ4n) is 0.0833. The van der Waals surface area contributed by atoms with Crippen molar-refractivity contribution >= 4 is 47.6 Å². The van der Waals surface area contributed by atoms with E-state index in [1.807, 2.05) is 12.5 Å². The summed E-state index contributed by atoms with van der Waals surface area (Å²) in [6.45, 7) is 0. The van der Waals surface area contributed by atoms with Crippen LogP contribution in [0.1, 0.15) is 0 Å². The van der Waals surface area contributed by atoms with Crippen LogP contribution < -0.4 is 0 Å². The zero-order valence-electron chi connectivity index (χ0n) is 6.42. The highest BCUT2D eigenvalue weighted by Gasteiger charge is 1.83. The Hall–Kier alpha value is 0.610. The quantitative estimate of drug-likeness (QED) is 0.396. The molecular weight excluding hydrogens is 226 g/mol. The summed E-state index contributed by atoms with van der Waals surface area (Å²) in [7, 11) is 1.31. The van der Waals surface area contributed by atoms with E-state index in [1.54, 1.807) is 0 Å². The first-order valence-electron chi connectivity index (χ1n) is 2.37. The maximum Gasteiger partial charge on any atom is 0.229 e. The molecule has 11 heavy (non-hydrogen) atoms. The molecule has 0 aromatic carbocycles. The molecule has 0 spiro atoms. The molecule has 0 fully saturated rings. The zero-order valence-corrected chi connectivity index (χ0v) is 9.62. The van der Waals surface area contributed by atoms with Gasteiger partial charge in [0.1, 0.15) is 4.38 Å². The van der Waals surface area contributed by atoms with Gasteiger partial charge >= 0.3 is 0 Å². The van der Waals surface area contributed by atoms with Crippen LogP contribution in [0.4, 0.5) is 0 Å². The van der Waals surface area contributed by atoms with Crippen LogP contribution in [0.15, 0.2) is 0 Å². The Balaban J connectivity index is 0. The van der Waals surface area contributed by atoms with Crippen molar-refractivity contribution in [1.29, 1.82) is 5.41 Å². The van der Waals surface area contributed by atoms with Crippen molar-refractivity contribution in [3.05, 3.63) is 0 Å². The first-order valence-corrected chi connectivity index (χ1v) is 7.54. The van der Waals surface area contributed by atoms with E-state index in [0.717, 1.165) is 6.26 Å². The number of thioether (sulfide) groups is 2. The third kappa shape index (κ3) is 37.0. The van der Waals surface area contributed by atoms with Crippen LogP contribution in [-0.2, 0) is 9.05 Å². The molecule has 0 bridgehead atoms. The normalized spacial score (nSPS) is 9.82. The Morgan fingerprint density at radius 2 is 1.55 bits per heavy atom. The van der Waals surface area contributed by atoms with Gasteiger partial charge in [0.25, 0.3) is 0 Å². The van der Waals surface area contributed by atoms with Gasteiger partial charge < -0.3 is 0 Å². The summed E-state index contributed by atoms with van der Waals surface area (Å²) in [5.41, 5.74) is 0. The van der Waals surface area contributed by atoms with Crippen molar-refractivity contribution < 1.29 is 8.42 Å². The smallest absolute Gasteiger partial charge is 0.229 e. The molecular formula is C4H10ClNO2S3. The first-order chi connectivity index (χ1) is 4.81. The lowest BCUT2D eigenvalue weighted by Crippen LogP contribution is -1.76. The monoisotopic (exact) mass is 235 g/mol. The lowest BCUT2D eigenvalue weighted by atomic mass is 11.7. The predicted octanol–water partition coefficient (Wildman–Crippen LogP) is 1.83. The maximum absolute atomic E-state index is 9.40. The van der Waals surface area contributed by atoms with E-state index in [-0.39, 0.29) is 0 Å². The van der Waals surface area contributed by atoms with Gasteiger partial charge in [0.15, 0.2) is 0 Å². The third-order valence-corrected chi connectivity index (χ3v) is 2.11. The summed E-state index contributed by atoms with van der Waals surface area (Å²) in [4.78, 5) is 0. The van der Waals surface area contributed by atoms with Gasteiger partial charge in [-0.05, 0) is 12.5 Å². The number of nitrogens with one attached hydrogen (secondary N) is 1. The molecule has 0 aromatic heterocycles. The van der Waals surface area contributed by atoms with Crippen molar-refractivity contribution in [2.24, 2.45) is 0 Å². The minimum absolute atomic E-state index is 0.676. The standard InChI is InChI=1S/C3H7NS2.CH3ClO2S/c1-5-3(4)6-2;1-5(2,3)4/h4H,1-2H3;1H3. The predicted molar refractivity (Wildman–Crippen MR) is 55.5 cm³/mol. The molecule has 0 saturated carbocycles. The molecule has 0 rings (SSSR count). The minimum Gasteiger partial charge on any atom is -0.288 e. The van der Waals surface area contributed by atoms with Crippen LogP contribution in [0, 0.1) is 5.41 Å². The second kappa shape index (κ2) is 7.27. The fourth-order valence-corrected chi connectivity index (χ4v) is 0.750. The Morgan fingerprint density at radius 3 is 1.55 bits per heavy atom. The summed E-state index contributed by atoms with van der Waals surface area (Å²) >= 11 is 2.94. The molecule has 0 heterocycles. The van der Waals surface area contributed by atoms with Crippen molar-refractivity contribution in [2.75, 3.05) is 18.8 Å². The first kappa shape index (κ1) is 14.2. The molecule has 0 unspecified atom stereocenters. The van der Waals surface area contributed by atoms with E-state index in [9.17, 15) is 8.42 Å². The molecule has 0 atom stereocenters. The Morgan fingerprint density at radius 1 is 1.36 bits per heavy atom. The van der Waals surface area contributed by atoms with E-state index in [2.05, 4.69) is 10.7 Å². The third-order valence-electron chi connectivity index (χ3n) is 0.371. The number of halogens is 1. The van der Waals surface area contributed by atoms with Crippen molar-refractivity contribution in [2.45, 2.75) is 0 Å². The van der Waals surface area contributed by atoms with E-state index in [0.29, 0.717) is 4.38 Å². The van der Waals surface area contributed by atoms with Gasteiger partial charge in [-0.3, -0.25) is 5.41 Å². The van der Waals surface area contributed by atoms with Gasteiger partial charge in [-0.15, -0.1) is 23.5 Å². The van der Waals surface area contributed by atoms with E-state index in [1.165, 1.54) is 23.5 Å². The molecule has 0 aromatic rings. The number of hydrogen-bond donors (Lipinski definition) is 1. The van der Waals surface area contributed by atoms with Crippen LogP contribution in [0.2, 0.25) is 0 Å². The average Bonchev–Trinajstić information content (AvgIpc) is 1.83. The van der Waals surface area contributed by atoms with Gasteiger partial charge in [0, 0.05) is 10.7 Å². The number of rotatable bonds is 0. The summed E-state index contributed by atoms with van der Waals surface area (Å²) in [6.07, 6.45) is 4.73. The molecule has 0 aliphatic rings. The van der Waals surface area contributed by atoms with Crippen LogP contribution in [0.5, 0.6) is 0 Å². The highest BCUT2D eigenvalue weighted by atomic mass is 35.7. The largest absolute Gasteiger partial charge is 0.288 e. The molecule has 0 amide bonds. The highest BCUT2D eigenvalue weighted by Crippen LogP contribution is 2.06. The van der Waals surface area contributed by atoms with Gasteiger partial charge in [-0.2, -0.15) is 0 Å². The van der Waals surface area contributed by atoms with Crippen molar-refractivity contribution in [3.63, 3.8) is 0 Å². The lowest BCUT2D eigenvalue weighted by molar-refractivity contribution is 0.615. The molecule has 1 N–H and O–H groups in total. The lowest BCUT2D eigenvalue weighted by Gasteiger charge is -1.85. The van der Waals surface area contributed by atoms with Gasteiger partial charge in [0.05, 0.1) is 6.26 Å². The number of hydrogen-bond acceptors (Lipinski definition) is 5. The second-order valence-corrected chi connectivity index (χ2v) is 6.31. The van der Waals surface area contributed by atoms with Crippen molar-refractivity contribution in [1.82, 2.24) is 0 Å². The molecule has 0 aliphatic carbocycles.